The summed E-state index contributed by atoms with van der Waals surface area (Å²) in [7, 11) is 0. The van der Waals surface area contributed by atoms with E-state index in [9.17, 15) is 0 Å². The van der Waals surface area contributed by atoms with Gasteiger partial charge in [0, 0.05) is 19.0 Å². The van der Waals surface area contributed by atoms with Crippen LogP contribution in [0.25, 0.3) is 0 Å². The van der Waals surface area contributed by atoms with Gasteiger partial charge in [0.15, 0.2) is 5.82 Å². The maximum Gasteiger partial charge on any atom is 0.227 e. The molecular formula is C13H23N3O. The third-order valence-corrected chi connectivity index (χ3v) is 3.65. The highest BCUT2D eigenvalue weighted by Gasteiger charge is 2.36. The Morgan fingerprint density at radius 2 is 2.18 bits per heavy atom. The van der Waals surface area contributed by atoms with Crippen molar-refractivity contribution >= 4 is 0 Å². The van der Waals surface area contributed by atoms with Gasteiger partial charge in [-0.25, -0.2) is 0 Å². The van der Waals surface area contributed by atoms with Crippen molar-refractivity contribution < 1.29 is 4.52 Å². The largest absolute Gasteiger partial charge is 0.339 e. The normalized spacial score (nSPS) is 27.5. The van der Waals surface area contributed by atoms with Crippen LogP contribution in [0, 0.1) is 18.3 Å². The summed E-state index contributed by atoms with van der Waals surface area (Å²) in [4.78, 5) is 4.20. The number of hydrogen-bond acceptors (Lipinski definition) is 4. The van der Waals surface area contributed by atoms with Gasteiger partial charge in [-0.15, -0.1) is 0 Å². The third-order valence-electron chi connectivity index (χ3n) is 3.65. The minimum absolute atomic E-state index is 0.484. The van der Waals surface area contributed by atoms with Crippen molar-refractivity contribution in [3.8, 4) is 0 Å². The van der Waals surface area contributed by atoms with E-state index >= 15 is 0 Å². The zero-order valence-corrected chi connectivity index (χ0v) is 11.3. The molecule has 1 aliphatic carbocycles. The Bertz CT molecular complexity index is 372. The molecule has 1 N–H and O–H groups in total. The summed E-state index contributed by atoms with van der Waals surface area (Å²) in [6.45, 7) is 9.82. The molecule has 1 aromatic rings. The standard InChI is InChI=1S/C13H23N3O/c1-9-7-13(3,4)8-11(9)14-6-5-12-15-10(2)16-17-12/h9,11,14H,5-8H2,1-4H3. The second kappa shape index (κ2) is 4.77. The number of aryl methyl sites for hydroxylation is 1. The Hall–Kier alpha value is -0.900. The summed E-state index contributed by atoms with van der Waals surface area (Å²) in [5.41, 5.74) is 0.484. The lowest BCUT2D eigenvalue weighted by Crippen LogP contribution is -2.33. The summed E-state index contributed by atoms with van der Waals surface area (Å²) in [5, 5.41) is 7.41. The highest BCUT2D eigenvalue weighted by Crippen LogP contribution is 2.40. The number of nitrogens with zero attached hydrogens (tertiary/aromatic N) is 2. The predicted molar refractivity (Wildman–Crippen MR) is 66.7 cm³/mol. The topological polar surface area (TPSA) is 51.0 Å². The van der Waals surface area contributed by atoms with E-state index in [1.807, 2.05) is 6.92 Å². The first kappa shape index (κ1) is 12.6. The van der Waals surface area contributed by atoms with E-state index in [2.05, 4.69) is 36.2 Å². The Labute approximate surface area is 103 Å². The molecule has 4 nitrogen and oxygen atoms in total. The van der Waals surface area contributed by atoms with Gasteiger partial charge in [0.2, 0.25) is 5.89 Å². The fraction of sp³-hybridized carbons (Fsp3) is 0.846. The first-order chi connectivity index (χ1) is 7.96. The number of aromatic nitrogens is 2. The zero-order valence-electron chi connectivity index (χ0n) is 11.3. The summed E-state index contributed by atoms with van der Waals surface area (Å²) >= 11 is 0. The maximum absolute atomic E-state index is 5.10. The molecule has 0 aromatic carbocycles. The smallest absolute Gasteiger partial charge is 0.227 e. The first-order valence-electron chi connectivity index (χ1n) is 6.49. The van der Waals surface area contributed by atoms with Gasteiger partial charge in [-0.1, -0.05) is 25.9 Å². The molecule has 0 amide bonds. The van der Waals surface area contributed by atoms with E-state index in [0.29, 0.717) is 11.5 Å². The molecule has 96 valence electrons. The Kier molecular flexibility index (Phi) is 3.52. The minimum atomic E-state index is 0.484. The highest BCUT2D eigenvalue weighted by atomic mass is 16.5. The van der Waals surface area contributed by atoms with Gasteiger partial charge in [0.1, 0.15) is 0 Å². The molecular weight excluding hydrogens is 214 g/mol. The van der Waals surface area contributed by atoms with Crippen LogP contribution in [0.4, 0.5) is 0 Å². The Morgan fingerprint density at radius 3 is 2.71 bits per heavy atom. The van der Waals surface area contributed by atoms with Crippen LogP contribution in [0.1, 0.15) is 45.3 Å². The molecule has 4 heteroatoms. The molecule has 17 heavy (non-hydrogen) atoms. The van der Waals surface area contributed by atoms with Crippen molar-refractivity contribution in [1.82, 2.24) is 15.5 Å². The van der Waals surface area contributed by atoms with Crippen LogP contribution in [-0.2, 0) is 6.42 Å². The molecule has 2 unspecified atom stereocenters. The molecule has 2 atom stereocenters. The molecule has 1 aliphatic rings. The number of nitrogens with one attached hydrogen (secondary N) is 1. The Morgan fingerprint density at radius 1 is 1.41 bits per heavy atom. The van der Waals surface area contributed by atoms with E-state index < -0.39 is 0 Å². The fourth-order valence-electron chi connectivity index (χ4n) is 2.97. The van der Waals surface area contributed by atoms with Crippen LogP contribution in [0.5, 0.6) is 0 Å². The van der Waals surface area contributed by atoms with Crippen molar-refractivity contribution in [2.75, 3.05) is 6.54 Å². The van der Waals surface area contributed by atoms with Crippen LogP contribution in [0.15, 0.2) is 4.52 Å². The molecule has 2 rings (SSSR count). The summed E-state index contributed by atoms with van der Waals surface area (Å²) in [5.74, 6) is 2.21. The molecule has 0 saturated heterocycles. The van der Waals surface area contributed by atoms with Crippen molar-refractivity contribution in [3.05, 3.63) is 11.7 Å². The first-order valence-corrected chi connectivity index (χ1v) is 6.49. The predicted octanol–water partition coefficient (Wildman–Crippen LogP) is 2.33. The lowest BCUT2D eigenvalue weighted by Gasteiger charge is -2.18. The quantitative estimate of drug-likeness (QED) is 0.873. The van der Waals surface area contributed by atoms with Crippen LogP contribution < -0.4 is 5.32 Å². The van der Waals surface area contributed by atoms with Gasteiger partial charge in [0.25, 0.3) is 0 Å². The molecule has 1 fully saturated rings. The van der Waals surface area contributed by atoms with E-state index in [0.717, 1.165) is 30.6 Å². The van der Waals surface area contributed by atoms with Crippen LogP contribution in [0.2, 0.25) is 0 Å². The van der Waals surface area contributed by atoms with Crippen LogP contribution in [0.3, 0.4) is 0 Å². The molecule has 0 aliphatic heterocycles. The van der Waals surface area contributed by atoms with Crippen LogP contribution in [-0.4, -0.2) is 22.7 Å². The monoisotopic (exact) mass is 237 g/mol. The van der Waals surface area contributed by atoms with Gasteiger partial charge in [0.05, 0.1) is 0 Å². The second-order valence-corrected chi connectivity index (χ2v) is 6.10. The van der Waals surface area contributed by atoms with E-state index in [-0.39, 0.29) is 0 Å². The number of hydrogen-bond donors (Lipinski definition) is 1. The van der Waals surface area contributed by atoms with E-state index in [1.165, 1.54) is 12.8 Å². The van der Waals surface area contributed by atoms with E-state index in [1.54, 1.807) is 0 Å². The van der Waals surface area contributed by atoms with Gasteiger partial charge < -0.3 is 9.84 Å². The summed E-state index contributed by atoms with van der Waals surface area (Å²) in [6.07, 6.45) is 3.39. The molecule has 0 spiro atoms. The molecule has 0 radical (unpaired) electrons. The average molecular weight is 237 g/mol. The third kappa shape index (κ3) is 3.28. The lowest BCUT2D eigenvalue weighted by molar-refractivity contribution is 0.355. The van der Waals surface area contributed by atoms with Crippen molar-refractivity contribution in [2.45, 2.75) is 53.0 Å². The highest BCUT2D eigenvalue weighted by molar-refractivity contribution is 4.92. The molecule has 0 bridgehead atoms. The lowest BCUT2D eigenvalue weighted by atomic mass is 9.91. The minimum Gasteiger partial charge on any atom is -0.339 e. The van der Waals surface area contributed by atoms with Crippen molar-refractivity contribution in [3.63, 3.8) is 0 Å². The van der Waals surface area contributed by atoms with E-state index in [4.69, 9.17) is 4.52 Å². The summed E-state index contributed by atoms with van der Waals surface area (Å²) < 4.78 is 5.10. The SMILES string of the molecule is Cc1noc(CCNC2CC(C)(C)CC2C)n1. The van der Waals surface area contributed by atoms with Crippen LogP contribution >= 0.6 is 0 Å². The zero-order chi connectivity index (χ0) is 12.5. The fourth-order valence-corrected chi connectivity index (χ4v) is 2.97. The maximum atomic E-state index is 5.10. The second-order valence-electron chi connectivity index (χ2n) is 6.10. The molecule has 1 aromatic heterocycles. The van der Waals surface area contributed by atoms with Crippen molar-refractivity contribution in [1.29, 1.82) is 0 Å². The van der Waals surface area contributed by atoms with Gasteiger partial charge in [-0.2, -0.15) is 4.98 Å². The van der Waals surface area contributed by atoms with Gasteiger partial charge >= 0.3 is 0 Å². The molecule has 1 saturated carbocycles. The van der Waals surface area contributed by atoms with Gasteiger partial charge in [-0.05, 0) is 31.1 Å². The summed E-state index contributed by atoms with van der Waals surface area (Å²) in [6, 6.07) is 0.633. The van der Waals surface area contributed by atoms with Crippen molar-refractivity contribution in [2.24, 2.45) is 11.3 Å². The Balaban J connectivity index is 1.76. The number of rotatable bonds is 4. The average Bonchev–Trinajstić information content (AvgIpc) is 2.71. The molecule has 1 heterocycles. The van der Waals surface area contributed by atoms with Gasteiger partial charge in [-0.3, -0.25) is 0 Å².